The number of aryl methyl sites for hydroxylation is 2. The lowest BCUT2D eigenvalue weighted by molar-refractivity contribution is 0.503. The Morgan fingerprint density at radius 3 is 2.84 bits per heavy atom. The maximum Gasteiger partial charge on any atom is 0.101 e. The Kier molecular flexibility index (Phi) is 4.80. The van der Waals surface area contributed by atoms with Crippen molar-refractivity contribution in [2.45, 2.75) is 46.2 Å². The predicted molar refractivity (Wildman–Crippen MR) is 76.1 cm³/mol. The van der Waals surface area contributed by atoms with Crippen molar-refractivity contribution in [2.24, 2.45) is 0 Å². The van der Waals surface area contributed by atoms with Crippen LogP contribution in [0.15, 0.2) is 29.1 Å². The lowest BCUT2D eigenvalue weighted by atomic mass is 10.0. The van der Waals surface area contributed by atoms with E-state index in [1.165, 1.54) is 11.1 Å². The van der Waals surface area contributed by atoms with Gasteiger partial charge in [0.25, 0.3) is 0 Å². The third kappa shape index (κ3) is 3.70. The molecule has 0 fully saturated rings. The van der Waals surface area contributed by atoms with Crippen LogP contribution in [0.2, 0.25) is 0 Å². The first-order chi connectivity index (χ1) is 9.22. The molecule has 2 aromatic rings. The van der Waals surface area contributed by atoms with Gasteiger partial charge >= 0.3 is 0 Å². The van der Waals surface area contributed by atoms with E-state index in [4.69, 9.17) is 4.42 Å². The largest absolute Gasteiger partial charge is 0.469 e. The molecule has 0 aliphatic heterocycles. The lowest BCUT2D eigenvalue weighted by Crippen LogP contribution is -2.23. The van der Waals surface area contributed by atoms with Crippen molar-refractivity contribution in [1.29, 1.82) is 0 Å². The summed E-state index contributed by atoms with van der Waals surface area (Å²) in [5, 5.41) is 7.91. The minimum absolute atomic E-state index is 0.298. The number of hydrogen-bond acceptors (Lipinski definition) is 3. The molecule has 0 aromatic carbocycles. The number of nitrogens with zero attached hydrogens (tertiary/aromatic N) is 2. The molecular weight excluding hydrogens is 238 g/mol. The molecule has 0 saturated heterocycles. The summed E-state index contributed by atoms with van der Waals surface area (Å²) in [7, 11) is 0. The van der Waals surface area contributed by atoms with Gasteiger partial charge in [0.15, 0.2) is 0 Å². The number of hydrogen-bond donors (Lipinski definition) is 1. The van der Waals surface area contributed by atoms with Crippen molar-refractivity contribution in [3.63, 3.8) is 0 Å². The van der Waals surface area contributed by atoms with E-state index in [1.54, 1.807) is 0 Å². The number of furan rings is 1. The molecule has 1 N–H and O–H groups in total. The third-order valence-electron chi connectivity index (χ3n) is 3.24. The van der Waals surface area contributed by atoms with E-state index >= 15 is 0 Å². The summed E-state index contributed by atoms with van der Waals surface area (Å²) in [5.41, 5.74) is 2.48. The van der Waals surface area contributed by atoms with Gasteiger partial charge in [-0.15, -0.1) is 0 Å². The fraction of sp³-hybridized carbons (Fsp3) is 0.533. The van der Waals surface area contributed by atoms with E-state index in [0.717, 1.165) is 31.7 Å². The first kappa shape index (κ1) is 13.9. The van der Waals surface area contributed by atoms with Crippen LogP contribution in [0.5, 0.6) is 0 Å². The molecule has 2 aromatic heterocycles. The molecule has 4 nitrogen and oxygen atoms in total. The zero-order chi connectivity index (χ0) is 13.7. The van der Waals surface area contributed by atoms with Crippen molar-refractivity contribution < 1.29 is 4.42 Å². The molecule has 1 unspecified atom stereocenters. The highest BCUT2D eigenvalue weighted by Gasteiger charge is 2.14. The van der Waals surface area contributed by atoms with Gasteiger partial charge in [-0.25, -0.2) is 0 Å². The molecule has 19 heavy (non-hydrogen) atoms. The smallest absolute Gasteiger partial charge is 0.101 e. The zero-order valence-corrected chi connectivity index (χ0v) is 12.0. The molecule has 0 aliphatic carbocycles. The normalized spacial score (nSPS) is 12.8. The Labute approximate surface area is 114 Å². The Hall–Kier alpha value is -1.55. The molecule has 0 saturated carbocycles. The lowest BCUT2D eigenvalue weighted by Gasteiger charge is -2.16. The zero-order valence-electron chi connectivity index (χ0n) is 12.0. The van der Waals surface area contributed by atoms with E-state index in [-0.39, 0.29) is 0 Å². The molecule has 0 spiro atoms. The summed E-state index contributed by atoms with van der Waals surface area (Å²) in [6.45, 7) is 8.19. The summed E-state index contributed by atoms with van der Waals surface area (Å²) in [5.74, 6) is 0.961. The van der Waals surface area contributed by atoms with Gasteiger partial charge in [-0.05, 0) is 44.9 Å². The number of rotatable bonds is 7. The molecule has 4 heteroatoms. The molecule has 0 radical (unpaired) electrons. The van der Waals surface area contributed by atoms with Gasteiger partial charge in [-0.2, -0.15) is 5.10 Å². The van der Waals surface area contributed by atoms with Gasteiger partial charge in [-0.1, -0.05) is 6.92 Å². The van der Waals surface area contributed by atoms with Crippen LogP contribution < -0.4 is 5.32 Å². The van der Waals surface area contributed by atoms with Crippen molar-refractivity contribution in [2.75, 3.05) is 6.54 Å². The SMILES string of the molecule is CCCNC(Cc1cnn(CC)c1)c1coc(C)c1. The monoisotopic (exact) mass is 261 g/mol. The van der Waals surface area contributed by atoms with Crippen molar-refractivity contribution in [1.82, 2.24) is 15.1 Å². The summed E-state index contributed by atoms with van der Waals surface area (Å²) in [4.78, 5) is 0. The molecule has 0 aliphatic rings. The minimum Gasteiger partial charge on any atom is -0.469 e. The van der Waals surface area contributed by atoms with Crippen LogP contribution in [0.1, 0.15) is 43.2 Å². The number of nitrogens with one attached hydrogen (secondary N) is 1. The standard InChI is InChI=1S/C15H23N3O/c1-4-6-16-15(14-7-12(3)19-11-14)8-13-9-17-18(5-2)10-13/h7,9-11,15-16H,4-6,8H2,1-3H3. The molecule has 0 amide bonds. The van der Waals surface area contributed by atoms with Crippen molar-refractivity contribution >= 4 is 0 Å². The van der Waals surface area contributed by atoms with Crippen LogP contribution in [-0.2, 0) is 13.0 Å². The van der Waals surface area contributed by atoms with Gasteiger partial charge in [0, 0.05) is 24.3 Å². The second-order valence-electron chi connectivity index (χ2n) is 4.91. The summed E-state index contributed by atoms with van der Waals surface area (Å²) >= 11 is 0. The van der Waals surface area contributed by atoms with Crippen molar-refractivity contribution in [3.05, 3.63) is 41.6 Å². The highest BCUT2D eigenvalue weighted by Crippen LogP contribution is 2.20. The van der Waals surface area contributed by atoms with Gasteiger partial charge in [0.1, 0.15) is 5.76 Å². The highest BCUT2D eigenvalue weighted by molar-refractivity contribution is 5.20. The fourth-order valence-corrected chi connectivity index (χ4v) is 2.19. The maximum atomic E-state index is 5.43. The van der Waals surface area contributed by atoms with Crippen LogP contribution in [0.25, 0.3) is 0 Å². The van der Waals surface area contributed by atoms with E-state index < -0.39 is 0 Å². The van der Waals surface area contributed by atoms with Crippen LogP contribution in [0.3, 0.4) is 0 Å². The maximum absolute atomic E-state index is 5.43. The molecule has 0 bridgehead atoms. The highest BCUT2D eigenvalue weighted by atomic mass is 16.3. The van der Waals surface area contributed by atoms with E-state index in [9.17, 15) is 0 Å². The van der Waals surface area contributed by atoms with E-state index in [2.05, 4.69) is 36.5 Å². The Bertz CT molecular complexity index is 501. The van der Waals surface area contributed by atoms with Gasteiger partial charge < -0.3 is 9.73 Å². The topological polar surface area (TPSA) is 43.0 Å². The van der Waals surface area contributed by atoms with Crippen LogP contribution in [-0.4, -0.2) is 16.3 Å². The van der Waals surface area contributed by atoms with Gasteiger partial charge in [0.2, 0.25) is 0 Å². The first-order valence-electron chi connectivity index (χ1n) is 7.02. The van der Waals surface area contributed by atoms with Crippen LogP contribution in [0.4, 0.5) is 0 Å². The molecule has 2 rings (SSSR count). The number of aromatic nitrogens is 2. The summed E-state index contributed by atoms with van der Waals surface area (Å²) in [6, 6.07) is 2.41. The summed E-state index contributed by atoms with van der Waals surface area (Å²) in [6.07, 6.45) is 8.00. The fourth-order valence-electron chi connectivity index (χ4n) is 2.19. The quantitative estimate of drug-likeness (QED) is 0.833. The molecular formula is C15H23N3O. The van der Waals surface area contributed by atoms with E-state index in [0.29, 0.717) is 6.04 Å². The molecule has 104 valence electrons. The second kappa shape index (κ2) is 6.57. The molecule has 1 atom stereocenters. The Balaban J connectivity index is 2.09. The van der Waals surface area contributed by atoms with Gasteiger partial charge in [0.05, 0.1) is 12.5 Å². The van der Waals surface area contributed by atoms with Crippen LogP contribution in [0, 0.1) is 6.92 Å². The third-order valence-corrected chi connectivity index (χ3v) is 3.24. The first-order valence-corrected chi connectivity index (χ1v) is 7.02. The summed E-state index contributed by atoms with van der Waals surface area (Å²) < 4.78 is 7.39. The van der Waals surface area contributed by atoms with Crippen molar-refractivity contribution in [3.8, 4) is 0 Å². The molecule has 2 heterocycles. The van der Waals surface area contributed by atoms with E-state index in [1.807, 2.05) is 24.1 Å². The average molecular weight is 261 g/mol. The Morgan fingerprint density at radius 2 is 2.26 bits per heavy atom. The second-order valence-corrected chi connectivity index (χ2v) is 4.91. The average Bonchev–Trinajstić information content (AvgIpc) is 3.03. The minimum atomic E-state index is 0.298. The van der Waals surface area contributed by atoms with Crippen LogP contribution >= 0.6 is 0 Å². The predicted octanol–water partition coefficient (Wildman–Crippen LogP) is 3.09. The van der Waals surface area contributed by atoms with Gasteiger partial charge in [-0.3, -0.25) is 4.68 Å². The Morgan fingerprint density at radius 1 is 1.42 bits per heavy atom.